The maximum Gasteiger partial charge on any atom is 0.319 e. The highest BCUT2D eigenvalue weighted by Crippen LogP contribution is 2.49. The summed E-state index contributed by atoms with van der Waals surface area (Å²) in [7, 11) is 0. The smallest absolute Gasteiger partial charge is 0.319 e. The predicted octanol–water partition coefficient (Wildman–Crippen LogP) is 0.976. The van der Waals surface area contributed by atoms with Crippen molar-refractivity contribution in [2.75, 3.05) is 32.1 Å². The molecule has 5 nitrogen and oxygen atoms in total. The molecule has 1 aliphatic carbocycles. The van der Waals surface area contributed by atoms with Gasteiger partial charge in [-0.05, 0) is 25.7 Å². The average Bonchev–Trinajstić information content (AvgIpc) is 3.20. The van der Waals surface area contributed by atoms with Gasteiger partial charge < -0.3 is 14.7 Å². The molecule has 3 rings (SSSR count). The van der Waals surface area contributed by atoms with Crippen molar-refractivity contribution in [3.05, 3.63) is 0 Å². The fourth-order valence-electron chi connectivity index (χ4n) is 3.01. The lowest BCUT2D eigenvalue weighted by Crippen LogP contribution is -2.54. The molecule has 1 spiro atoms. The van der Waals surface area contributed by atoms with Gasteiger partial charge >= 0.3 is 5.97 Å². The average molecular weight is 285 g/mol. The minimum absolute atomic E-state index is 0.0980. The summed E-state index contributed by atoms with van der Waals surface area (Å²) in [5.41, 5.74) is -1.09. The van der Waals surface area contributed by atoms with Crippen molar-refractivity contribution in [2.24, 2.45) is 5.41 Å². The fourth-order valence-corrected chi connectivity index (χ4v) is 4.46. The number of hydrogen-bond donors (Lipinski definition) is 1. The van der Waals surface area contributed by atoms with Crippen LogP contribution in [0.15, 0.2) is 0 Å². The molecule has 1 N–H and O–H groups in total. The van der Waals surface area contributed by atoms with E-state index in [1.165, 1.54) is 0 Å². The highest BCUT2D eigenvalue weighted by atomic mass is 32.2. The number of ether oxygens (including phenoxy) is 1. The van der Waals surface area contributed by atoms with Gasteiger partial charge in [0, 0.05) is 36.8 Å². The highest BCUT2D eigenvalue weighted by molar-refractivity contribution is 8.00. The van der Waals surface area contributed by atoms with Gasteiger partial charge in [0.1, 0.15) is 5.41 Å². The van der Waals surface area contributed by atoms with Gasteiger partial charge in [-0.2, -0.15) is 11.8 Å². The highest BCUT2D eigenvalue weighted by Gasteiger charge is 2.59. The van der Waals surface area contributed by atoms with Crippen LogP contribution in [0.3, 0.4) is 0 Å². The molecule has 1 saturated carbocycles. The molecule has 0 aromatic heterocycles. The molecule has 0 bridgehead atoms. The lowest BCUT2D eigenvalue weighted by atomic mass is 9.96. The molecule has 2 aliphatic heterocycles. The number of aliphatic carboxylic acids is 1. The third-order valence-corrected chi connectivity index (χ3v) is 6.04. The summed E-state index contributed by atoms with van der Waals surface area (Å²) >= 11 is 1.93. The topological polar surface area (TPSA) is 66.8 Å². The maximum atomic E-state index is 12.5. The number of carbonyl (C=O) groups is 2. The first-order chi connectivity index (χ1) is 9.08. The van der Waals surface area contributed by atoms with Crippen molar-refractivity contribution in [3.63, 3.8) is 0 Å². The second kappa shape index (κ2) is 4.66. The molecule has 1 amide bonds. The molecular formula is C13H19NO4S. The number of carboxylic acids is 1. The molecule has 106 valence electrons. The zero-order valence-electron chi connectivity index (χ0n) is 10.9. The fraction of sp³-hybridized carbons (Fsp3) is 0.846. The number of amides is 1. The number of carboxylic acid groups (broad SMARTS) is 1. The van der Waals surface area contributed by atoms with Crippen LogP contribution in [0.4, 0.5) is 0 Å². The first-order valence-corrected chi connectivity index (χ1v) is 7.81. The molecule has 0 atom stereocenters. The van der Waals surface area contributed by atoms with E-state index in [1.807, 2.05) is 11.8 Å². The maximum absolute atomic E-state index is 12.5. The number of hydrogen-bond acceptors (Lipinski definition) is 4. The molecule has 0 radical (unpaired) electrons. The second-order valence-corrected chi connectivity index (χ2v) is 7.32. The van der Waals surface area contributed by atoms with E-state index < -0.39 is 11.4 Å². The molecule has 3 aliphatic rings. The summed E-state index contributed by atoms with van der Waals surface area (Å²) in [6.45, 7) is 2.87. The van der Waals surface area contributed by atoms with E-state index >= 15 is 0 Å². The zero-order valence-corrected chi connectivity index (χ0v) is 11.7. The number of nitrogens with zero attached hydrogens (tertiary/aromatic N) is 1. The standard InChI is InChI=1S/C13H19NO4S/c15-10(13(1-2-13)11(16)17)14-5-8-19-12(9-14)3-6-18-7-4-12/h1-9H2,(H,16,17). The van der Waals surface area contributed by atoms with E-state index in [0.29, 0.717) is 25.9 Å². The lowest BCUT2D eigenvalue weighted by molar-refractivity contribution is -0.153. The molecule has 3 fully saturated rings. The molecule has 0 aromatic rings. The molecule has 2 saturated heterocycles. The van der Waals surface area contributed by atoms with Crippen LogP contribution in [0.1, 0.15) is 25.7 Å². The Morgan fingerprint density at radius 2 is 1.84 bits per heavy atom. The van der Waals surface area contributed by atoms with Gasteiger partial charge in [0.2, 0.25) is 5.91 Å². The Labute approximate surface area is 116 Å². The van der Waals surface area contributed by atoms with Crippen molar-refractivity contribution in [3.8, 4) is 0 Å². The van der Waals surface area contributed by atoms with Gasteiger partial charge in [0.15, 0.2) is 0 Å². The van der Waals surface area contributed by atoms with Crippen molar-refractivity contribution < 1.29 is 19.4 Å². The normalized spacial score (nSPS) is 28.1. The Morgan fingerprint density at radius 1 is 1.16 bits per heavy atom. The minimum Gasteiger partial charge on any atom is -0.480 e. The molecule has 2 heterocycles. The van der Waals surface area contributed by atoms with Crippen molar-refractivity contribution >= 4 is 23.6 Å². The van der Waals surface area contributed by atoms with Crippen LogP contribution in [-0.2, 0) is 14.3 Å². The monoisotopic (exact) mass is 285 g/mol. The van der Waals surface area contributed by atoms with E-state index in [1.54, 1.807) is 4.90 Å². The number of thioether (sulfide) groups is 1. The van der Waals surface area contributed by atoms with Crippen molar-refractivity contribution in [1.29, 1.82) is 0 Å². The Morgan fingerprint density at radius 3 is 2.42 bits per heavy atom. The van der Waals surface area contributed by atoms with Crippen LogP contribution >= 0.6 is 11.8 Å². The van der Waals surface area contributed by atoms with Crippen molar-refractivity contribution in [1.82, 2.24) is 4.90 Å². The van der Waals surface area contributed by atoms with E-state index in [9.17, 15) is 14.7 Å². The summed E-state index contributed by atoms with van der Waals surface area (Å²) in [5, 5.41) is 9.23. The van der Waals surface area contributed by atoms with Gasteiger partial charge in [0.25, 0.3) is 0 Å². The molecule has 0 aromatic carbocycles. The molecule has 0 unspecified atom stereocenters. The summed E-state index contributed by atoms with van der Waals surface area (Å²) < 4.78 is 5.50. The molecule has 19 heavy (non-hydrogen) atoms. The first kappa shape index (κ1) is 13.2. The summed E-state index contributed by atoms with van der Waals surface area (Å²) in [5.74, 6) is -0.204. The second-order valence-electron chi connectivity index (χ2n) is 5.76. The van der Waals surface area contributed by atoms with Crippen LogP contribution in [0.25, 0.3) is 0 Å². The number of rotatable bonds is 2. The summed E-state index contributed by atoms with van der Waals surface area (Å²) in [4.78, 5) is 25.5. The SMILES string of the molecule is O=C(O)C1(C(=O)N2CCSC3(CCOCC3)C2)CC1. The van der Waals surface area contributed by atoms with Crippen molar-refractivity contribution in [2.45, 2.75) is 30.4 Å². The summed E-state index contributed by atoms with van der Waals surface area (Å²) in [6.07, 6.45) is 2.92. The Balaban J connectivity index is 1.71. The minimum atomic E-state index is -1.09. The van der Waals surface area contributed by atoms with E-state index in [-0.39, 0.29) is 10.7 Å². The van der Waals surface area contributed by atoms with Crippen LogP contribution < -0.4 is 0 Å². The van der Waals surface area contributed by atoms with Crippen LogP contribution in [-0.4, -0.2) is 58.7 Å². The van der Waals surface area contributed by atoms with Gasteiger partial charge in [-0.1, -0.05) is 0 Å². The Bertz CT molecular complexity index is 396. The Hall–Kier alpha value is -0.750. The van der Waals surface area contributed by atoms with Crippen LogP contribution in [0, 0.1) is 5.41 Å². The Kier molecular flexibility index (Phi) is 3.25. The van der Waals surface area contributed by atoms with E-state index in [0.717, 1.165) is 31.8 Å². The van der Waals surface area contributed by atoms with Gasteiger partial charge in [-0.3, -0.25) is 9.59 Å². The first-order valence-electron chi connectivity index (χ1n) is 6.83. The van der Waals surface area contributed by atoms with Crippen LogP contribution in [0.2, 0.25) is 0 Å². The molecule has 6 heteroatoms. The quantitative estimate of drug-likeness (QED) is 0.766. The molecular weight excluding hydrogens is 266 g/mol. The number of carbonyl (C=O) groups excluding carboxylic acids is 1. The van der Waals surface area contributed by atoms with Gasteiger partial charge in [0.05, 0.1) is 0 Å². The third kappa shape index (κ3) is 2.25. The largest absolute Gasteiger partial charge is 0.480 e. The van der Waals surface area contributed by atoms with E-state index in [4.69, 9.17) is 4.74 Å². The summed E-state index contributed by atoms with van der Waals surface area (Å²) in [6, 6.07) is 0. The third-order valence-electron chi connectivity index (χ3n) is 4.51. The lowest BCUT2D eigenvalue weighted by Gasteiger charge is -2.45. The van der Waals surface area contributed by atoms with Gasteiger partial charge in [-0.25, -0.2) is 0 Å². The van der Waals surface area contributed by atoms with Gasteiger partial charge in [-0.15, -0.1) is 0 Å². The predicted molar refractivity (Wildman–Crippen MR) is 71.1 cm³/mol. The zero-order chi connectivity index (χ0) is 13.5. The van der Waals surface area contributed by atoms with Crippen LogP contribution in [0.5, 0.6) is 0 Å². The van der Waals surface area contributed by atoms with E-state index in [2.05, 4.69) is 0 Å².